The summed E-state index contributed by atoms with van der Waals surface area (Å²) in [7, 11) is 1.38. The van der Waals surface area contributed by atoms with E-state index in [0.29, 0.717) is 10.8 Å². The van der Waals surface area contributed by atoms with Crippen LogP contribution in [-0.4, -0.2) is 29.9 Å². The molecule has 20 heavy (non-hydrogen) atoms. The van der Waals surface area contributed by atoms with Gasteiger partial charge < -0.3 is 10.1 Å². The van der Waals surface area contributed by atoms with Gasteiger partial charge in [-0.25, -0.2) is 4.99 Å². The SMILES string of the molecule is COC(=O)C1C(C)=NC(=S)NC1/C=C/c1ccccc1. The molecule has 5 heteroatoms. The van der Waals surface area contributed by atoms with Crippen molar-refractivity contribution in [2.45, 2.75) is 13.0 Å². The Hall–Kier alpha value is -2.01. The predicted molar refractivity (Wildman–Crippen MR) is 83.6 cm³/mol. The summed E-state index contributed by atoms with van der Waals surface area (Å²) in [6.07, 6.45) is 3.87. The smallest absolute Gasteiger partial charge is 0.316 e. The quantitative estimate of drug-likeness (QED) is 0.684. The van der Waals surface area contributed by atoms with Crippen molar-refractivity contribution in [3.8, 4) is 0 Å². The van der Waals surface area contributed by atoms with E-state index in [4.69, 9.17) is 17.0 Å². The first kappa shape index (κ1) is 14.4. The van der Waals surface area contributed by atoms with E-state index < -0.39 is 5.92 Å². The lowest BCUT2D eigenvalue weighted by Gasteiger charge is -2.28. The third kappa shape index (κ3) is 3.30. The number of aliphatic imine (C=N–C) groups is 1. The van der Waals surface area contributed by atoms with Gasteiger partial charge >= 0.3 is 5.97 Å². The minimum atomic E-state index is -0.452. The van der Waals surface area contributed by atoms with Gasteiger partial charge in [-0.2, -0.15) is 0 Å². The summed E-state index contributed by atoms with van der Waals surface area (Å²) in [5, 5.41) is 3.43. The zero-order valence-electron chi connectivity index (χ0n) is 11.4. The molecule has 1 N–H and O–H groups in total. The monoisotopic (exact) mass is 288 g/mol. The number of esters is 1. The van der Waals surface area contributed by atoms with E-state index in [1.54, 1.807) is 6.92 Å². The second-order valence-corrected chi connectivity index (χ2v) is 4.89. The zero-order chi connectivity index (χ0) is 14.5. The number of nitrogens with one attached hydrogen (secondary N) is 1. The molecule has 0 aliphatic carbocycles. The Morgan fingerprint density at radius 3 is 2.75 bits per heavy atom. The van der Waals surface area contributed by atoms with Gasteiger partial charge in [-0.3, -0.25) is 4.79 Å². The van der Waals surface area contributed by atoms with Gasteiger partial charge in [0.05, 0.1) is 13.2 Å². The molecule has 0 saturated heterocycles. The molecule has 1 aliphatic rings. The maximum atomic E-state index is 11.9. The second-order valence-electron chi connectivity index (χ2n) is 4.50. The first-order chi connectivity index (χ1) is 9.61. The van der Waals surface area contributed by atoms with E-state index >= 15 is 0 Å². The van der Waals surface area contributed by atoms with Crippen LogP contribution in [0.3, 0.4) is 0 Å². The van der Waals surface area contributed by atoms with E-state index in [2.05, 4.69) is 10.3 Å². The highest BCUT2D eigenvalue weighted by atomic mass is 32.1. The molecule has 0 radical (unpaired) electrons. The summed E-state index contributed by atoms with van der Waals surface area (Å²) < 4.78 is 4.84. The fourth-order valence-electron chi connectivity index (χ4n) is 2.13. The van der Waals surface area contributed by atoms with Crippen LogP contribution in [0.15, 0.2) is 41.4 Å². The lowest BCUT2D eigenvalue weighted by molar-refractivity contribution is -0.143. The molecule has 1 aliphatic heterocycles. The number of rotatable bonds is 3. The highest BCUT2D eigenvalue weighted by Gasteiger charge is 2.33. The van der Waals surface area contributed by atoms with E-state index in [9.17, 15) is 4.79 Å². The minimum Gasteiger partial charge on any atom is -0.468 e. The Labute approximate surface area is 123 Å². The molecule has 2 rings (SSSR count). The van der Waals surface area contributed by atoms with E-state index in [-0.39, 0.29) is 12.0 Å². The number of hydrogen-bond acceptors (Lipinski definition) is 3. The van der Waals surface area contributed by atoms with Gasteiger partial charge in [-0.15, -0.1) is 0 Å². The van der Waals surface area contributed by atoms with E-state index in [1.165, 1.54) is 7.11 Å². The van der Waals surface area contributed by atoms with Gasteiger partial charge in [0.2, 0.25) is 0 Å². The van der Waals surface area contributed by atoms with Crippen LogP contribution in [0.5, 0.6) is 0 Å². The fourth-order valence-corrected chi connectivity index (χ4v) is 2.41. The molecule has 1 aromatic rings. The third-order valence-electron chi connectivity index (χ3n) is 3.13. The maximum Gasteiger partial charge on any atom is 0.316 e. The van der Waals surface area contributed by atoms with Gasteiger partial charge in [0.25, 0.3) is 0 Å². The van der Waals surface area contributed by atoms with Crippen LogP contribution in [0.2, 0.25) is 0 Å². The van der Waals surface area contributed by atoms with Crippen molar-refractivity contribution in [2.75, 3.05) is 7.11 Å². The minimum absolute atomic E-state index is 0.243. The summed E-state index contributed by atoms with van der Waals surface area (Å²) in [6, 6.07) is 9.62. The molecule has 0 bridgehead atoms. The molecule has 1 heterocycles. The summed E-state index contributed by atoms with van der Waals surface area (Å²) >= 11 is 5.08. The number of methoxy groups -OCH3 is 1. The first-order valence-corrected chi connectivity index (χ1v) is 6.69. The summed E-state index contributed by atoms with van der Waals surface area (Å²) in [5.74, 6) is -0.768. The lowest BCUT2D eigenvalue weighted by Crippen LogP contribution is -2.48. The van der Waals surface area contributed by atoms with Crippen molar-refractivity contribution < 1.29 is 9.53 Å². The number of thiocarbonyl (C=S) groups is 1. The Kier molecular flexibility index (Phi) is 4.63. The summed E-state index contributed by atoms with van der Waals surface area (Å²) in [5.41, 5.74) is 1.73. The number of hydrogen-bond donors (Lipinski definition) is 1. The lowest BCUT2D eigenvalue weighted by atomic mass is 9.93. The highest BCUT2D eigenvalue weighted by molar-refractivity contribution is 7.80. The summed E-state index contributed by atoms with van der Waals surface area (Å²) in [6.45, 7) is 1.79. The Bertz CT molecular complexity index is 566. The van der Waals surface area contributed by atoms with Crippen molar-refractivity contribution in [1.82, 2.24) is 5.32 Å². The maximum absolute atomic E-state index is 11.9. The van der Waals surface area contributed by atoms with Crippen molar-refractivity contribution in [3.05, 3.63) is 42.0 Å². The molecule has 0 fully saturated rings. The van der Waals surface area contributed by atoms with Crippen LogP contribution in [0, 0.1) is 5.92 Å². The Balaban J connectivity index is 2.24. The zero-order valence-corrected chi connectivity index (χ0v) is 12.2. The first-order valence-electron chi connectivity index (χ1n) is 6.28. The topological polar surface area (TPSA) is 50.7 Å². The Morgan fingerprint density at radius 1 is 1.40 bits per heavy atom. The van der Waals surface area contributed by atoms with Crippen LogP contribution in [0.4, 0.5) is 0 Å². The molecule has 0 amide bonds. The number of benzene rings is 1. The van der Waals surface area contributed by atoms with Gasteiger partial charge in [0, 0.05) is 5.71 Å². The molecule has 4 nitrogen and oxygen atoms in total. The van der Waals surface area contributed by atoms with E-state index in [0.717, 1.165) is 5.56 Å². The van der Waals surface area contributed by atoms with Gasteiger partial charge in [0.15, 0.2) is 5.11 Å². The molecular formula is C15H16N2O2S. The molecule has 0 saturated carbocycles. The fraction of sp³-hybridized carbons (Fsp3) is 0.267. The van der Waals surface area contributed by atoms with Crippen LogP contribution >= 0.6 is 12.2 Å². The van der Waals surface area contributed by atoms with Crippen LogP contribution in [-0.2, 0) is 9.53 Å². The average Bonchev–Trinajstić information content (AvgIpc) is 2.45. The molecule has 2 unspecified atom stereocenters. The third-order valence-corrected chi connectivity index (χ3v) is 3.34. The van der Waals surface area contributed by atoms with Crippen molar-refractivity contribution in [1.29, 1.82) is 0 Å². The number of carbonyl (C=O) groups is 1. The number of nitrogens with zero attached hydrogens (tertiary/aromatic N) is 1. The van der Waals surface area contributed by atoms with Crippen LogP contribution in [0.1, 0.15) is 12.5 Å². The second kappa shape index (κ2) is 6.43. The molecule has 104 valence electrons. The van der Waals surface area contributed by atoms with E-state index in [1.807, 2.05) is 42.5 Å². The average molecular weight is 288 g/mol. The summed E-state index contributed by atoms with van der Waals surface area (Å²) in [4.78, 5) is 16.0. The molecular weight excluding hydrogens is 272 g/mol. The van der Waals surface area contributed by atoms with Crippen molar-refractivity contribution in [2.24, 2.45) is 10.9 Å². The largest absolute Gasteiger partial charge is 0.468 e. The number of ether oxygens (including phenoxy) is 1. The van der Waals surface area contributed by atoms with Crippen LogP contribution < -0.4 is 5.32 Å². The highest BCUT2D eigenvalue weighted by Crippen LogP contribution is 2.16. The van der Waals surface area contributed by atoms with Crippen molar-refractivity contribution in [3.63, 3.8) is 0 Å². The van der Waals surface area contributed by atoms with Crippen LogP contribution in [0.25, 0.3) is 6.08 Å². The Morgan fingerprint density at radius 2 is 2.10 bits per heavy atom. The molecule has 2 atom stereocenters. The van der Waals surface area contributed by atoms with Gasteiger partial charge in [0.1, 0.15) is 5.92 Å². The van der Waals surface area contributed by atoms with Gasteiger partial charge in [-0.1, -0.05) is 42.5 Å². The molecule has 0 spiro atoms. The molecule has 0 aromatic heterocycles. The number of carbonyl (C=O) groups excluding carboxylic acids is 1. The van der Waals surface area contributed by atoms with Crippen molar-refractivity contribution >= 4 is 35.1 Å². The normalized spacial score (nSPS) is 22.3. The predicted octanol–water partition coefficient (Wildman–Crippen LogP) is 2.21. The molecule has 1 aromatic carbocycles. The standard InChI is InChI=1S/C15H16N2O2S/c1-10-13(14(18)19-2)12(17-15(20)16-10)9-8-11-6-4-3-5-7-11/h3-9,12-13H,1-2H3,(H,17,20)/b9-8+. The van der Waals surface area contributed by atoms with Gasteiger partial charge in [-0.05, 0) is 24.7 Å².